The minimum atomic E-state index is 0.856. The fourth-order valence-corrected chi connectivity index (χ4v) is 4.43. The summed E-state index contributed by atoms with van der Waals surface area (Å²) in [4.78, 5) is 0. The van der Waals surface area contributed by atoms with Gasteiger partial charge >= 0.3 is 0 Å². The molecular weight excluding hydrogens is 240 g/mol. The van der Waals surface area contributed by atoms with Gasteiger partial charge in [0, 0.05) is 0 Å². The van der Waals surface area contributed by atoms with Crippen molar-refractivity contribution in [2.75, 3.05) is 0 Å². The van der Waals surface area contributed by atoms with E-state index < -0.39 is 0 Å². The Labute approximate surface area is 125 Å². The molecule has 0 nitrogen and oxygen atoms in total. The van der Waals surface area contributed by atoms with Gasteiger partial charge in [-0.1, -0.05) is 63.6 Å². The first kappa shape index (κ1) is 14.2. The van der Waals surface area contributed by atoms with Gasteiger partial charge in [-0.25, -0.2) is 0 Å². The molecule has 2 saturated carbocycles. The number of rotatable bonds is 3. The van der Waals surface area contributed by atoms with Gasteiger partial charge in [-0.15, -0.1) is 0 Å². The van der Waals surface area contributed by atoms with Crippen LogP contribution >= 0.6 is 0 Å². The third kappa shape index (κ3) is 3.10. The van der Waals surface area contributed by atoms with E-state index in [-0.39, 0.29) is 0 Å². The molecule has 0 amide bonds. The van der Waals surface area contributed by atoms with Crippen LogP contribution in [0.2, 0.25) is 0 Å². The summed E-state index contributed by atoms with van der Waals surface area (Å²) in [5.41, 5.74) is 4.98. The lowest BCUT2D eigenvalue weighted by atomic mass is 9.78. The van der Waals surface area contributed by atoms with Gasteiger partial charge in [0.05, 0.1) is 0 Å². The van der Waals surface area contributed by atoms with Crippen LogP contribution in [0.4, 0.5) is 0 Å². The fourth-order valence-electron chi connectivity index (χ4n) is 4.43. The van der Waals surface area contributed by atoms with Crippen LogP contribution in [0.15, 0.2) is 18.2 Å². The highest BCUT2D eigenvalue weighted by molar-refractivity contribution is 5.36. The molecule has 0 spiro atoms. The van der Waals surface area contributed by atoms with Crippen molar-refractivity contribution in [3.8, 4) is 0 Å². The third-order valence-corrected chi connectivity index (χ3v) is 5.67. The summed E-state index contributed by atoms with van der Waals surface area (Å²) in [6.45, 7) is 2.34. The molecule has 0 aromatic heterocycles. The summed E-state index contributed by atoms with van der Waals surface area (Å²) in [5, 5.41) is 0. The average Bonchev–Trinajstić information content (AvgIpc) is 2.56. The SMILES string of the molecule is CCc1cc(C2CCCCC2)ccc1C1CCCCC1. The van der Waals surface area contributed by atoms with Gasteiger partial charge in [0.2, 0.25) is 0 Å². The minimum absolute atomic E-state index is 0.856. The Morgan fingerprint density at radius 1 is 0.800 bits per heavy atom. The van der Waals surface area contributed by atoms with E-state index in [4.69, 9.17) is 0 Å². The summed E-state index contributed by atoms with van der Waals surface area (Å²) < 4.78 is 0. The third-order valence-electron chi connectivity index (χ3n) is 5.67. The van der Waals surface area contributed by atoms with Crippen molar-refractivity contribution in [2.45, 2.75) is 89.4 Å². The van der Waals surface area contributed by atoms with Gasteiger partial charge in [0.15, 0.2) is 0 Å². The Balaban J connectivity index is 1.81. The summed E-state index contributed by atoms with van der Waals surface area (Å²) in [6.07, 6.45) is 15.6. The van der Waals surface area contributed by atoms with Gasteiger partial charge in [-0.05, 0) is 60.6 Å². The van der Waals surface area contributed by atoms with Crippen LogP contribution in [0, 0.1) is 0 Å². The first-order valence-corrected chi connectivity index (χ1v) is 9.01. The first-order valence-electron chi connectivity index (χ1n) is 9.01. The Morgan fingerprint density at radius 2 is 1.40 bits per heavy atom. The lowest BCUT2D eigenvalue weighted by Crippen LogP contribution is -2.09. The lowest BCUT2D eigenvalue weighted by Gasteiger charge is -2.27. The number of benzene rings is 1. The summed E-state index contributed by atoms with van der Waals surface area (Å²) >= 11 is 0. The van der Waals surface area contributed by atoms with Crippen LogP contribution in [0.3, 0.4) is 0 Å². The van der Waals surface area contributed by atoms with E-state index in [0.29, 0.717) is 0 Å². The molecule has 2 aliphatic carbocycles. The van der Waals surface area contributed by atoms with Crippen molar-refractivity contribution in [1.82, 2.24) is 0 Å². The van der Waals surface area contributed by atoms with E-state index in [2.05, 4.69) is 25.1 Å². The van der Waals surface area contributed by atoms with Crippen LogP contribution < -0.4 is 0 Å². The monoisotopic (exact) mass is 270 g/mol. The molecule has 0 saturated heterocycles. The zero-order chi connectivity index (χ0) is 13.8. The van der Waals surface area contributed by atoms with E-state index in [9.17, 15) is 0 Å². The van der Waals surface area contributed by atoms with E-state index in [0.717, 1.165) is 11.8 Å². The predicted octanol–water partition coefficient (Wildman–Crippen LogP) is 6.34. The molecule has 1 aromatic carbocycles. The molecule has 0 N–H and O–H groups in total. The van der Waals surface area contributed by atoms with Gasteiger partial charge in [-0.3, -0.25) is 0 Å². The molecule has 0 bridgehead atoms. The van der Waals surface area contributed by atoms with Crippen LogP contribution in [-0.4, -0.2) is 0 Å². The molecule has 110 valence electrons. The van der Waals surface area contributed by atoms with Crippen molar-refractivity contribution in [3.63, 3.8) is 0 Å². The molecule has 0 atom stereocenters. The first-order chi connectivity index (χ1) is 9.88. The molecule has 0 heterocycles. The highest BCUT2D eigenvalue weighted by atomic mass is 14.3. The topological polar surface area (TPSA) is 0 Å². The molecule has 0 aliphatic heterocycles. The molecule has 0 radical (unpaired) electrons. The maximum atomic E-state index is 2.57. The molecule has 3 rings (SSSR count). The number of hydrogen-bond acceptors (Lipinski definition) is 0. The van der Waals surface area contributed by atoms with Crippen LogP contribution in [0.25, 0.3) is 0 Å². The van der Waals surface area contributed by atoms with Crippen molar-refractivity contribution in [2.24, 2.45) is 0 Å². The molecule has 1 aromatic rings. The molecule has 2 aliphatic rings. The van der Waals surface area contributed by atoms with E-state index in [1.807, 2.05) is 0 Å². The fraction of sp³-hybridized carbons (Fsp3) is 0.700. The highest BCUT2D eigenvalue weighted by Gasteiger charge is 2.20. The lowest BCUT2D eigenvalue weighted by molar-refractivity contribution is 0.437. The second-order valence-corrected chi connectivity index (χ2v) is 6.98. The number of aryl methyl sites for hydroxylation is 1. The van der Waals surface area contributed by atoms with Crippen LogP contribution in [0.5, 0.6) is 0 Å². The second-order valence-electron chi connectivity index (χ2n) is 6.98. The second kappa shape index (κ2) is 6.78. The summed E-state index contributed by atoms with van der Waals surface area (Å²) in [5.74, 6) is 1.72. The summed E-state index contributed by atoms with van der Waals surface area (Å²) in [6, 6.07) is 7.54. The molecule has 2 fully saturated rings. The Hall–Kier alpha value is -0.780. The van der Waals surface area contributed by atoms with Crippen LogP contribution in [0.1, 0.15) is 99.7 Å². The normalized spacial score (nSPS) is 22.1. The Kier molecular flexibility index (Phi) is 4.81. The Bertz CT molecular complexity index is 420. The zero-order valence-corrected chi connectivity index (χ0v) is 13.2. The van der Waals surface area contributed by atoms with E-state index in [1.54, 1.807) is 16.7 Å². The van der Waals surface area contributed by atoms with Crippen molar-refractivity contribution >= 4 is 0 Å². The minimum Gasteiger partial charge on any atom is -0.0613 e. The Morgan fingerprint density at radius 3 is 2.00 bits per heavy atom. The molecule has 20 heavy (non-hydrogen) atoms. The van der Waals surface area contributed by atoms with Gasteiger partial charge in [0.25, 0.3) is 0 Å². The van der Waals surface area contributed by atoms with E-state index >= 15 is 0 Å². The maximum Gasteiger partial charge on any atom is -0.0159 e. The average molecular weight is 270 g/mol. The van der Waals surface area contributed by atoms with Crippen molar-refractivity contribution in [1.29, 1.82) is 0 Å². The van der Waals surface area contributed by atoms with Crippen molar-refractivity contribution < 1.29 is 0 Å². The van der Waals surface area contributed by atoms with Gasteiger partial charge in [0.1, 0.15) is 0 Å². The zero-order valence-electron chi connectivity index (χ0n) is 13.2. The quantitative estimate of drug-likeness (QED) is 0.600. The standard InChI is InChI=1S/C20H30/c1-2-16-15-19(17-9-5-3-6-10-17)13-14-20(16)18-11-7-4-8-12-18/h13-15,17-18H,2-12H2,1H3. The maximum absolute atomic E-state index is 2.57. The van der Waals surface area contributed by atoms with Gasteiger partial charge < -0.3 is 0 Å². The summed E-state index contributed by atoms with van der Waals surface area (Å²) in [7, 11) is 0. The smallest absolute Gasteiger partial charge is 0.0159 e. The molecule has 0 heteroatoms. The molecule has 0 unspecified atom stereocenters. The van der Waals surface area contributed by atoms with Crippen molar-refractivity contribution in [3.05, 3.63) is 34.9 Å². The predicted molar refractivity (Wildman–Crippen MR) is 87.5 cm³/mol. The van der Waals surface area contributed by atoms with Crippen LogP contribution in [-0.2, 0) is 6.42 Å². The van der Waals surface area contributed by atoms with E-state index in [1.165, 1.54) is 70.6 Å². The highest BCUT2D eigenvalue weighted by Crippen LogP contribution is 2.38. The molecular formula is C20H30. The van der Waals surface area contributed by atoms with Gasteiger partial charge in [-0.2, -0.15) is 0 Å². The number of hydrogen-bond donors (Lipinski definition) is 0. The largest absolute Gasteiger partial charge is 0.0613 e.